The first kappa shape index (κ1) is 14.3. The Kier molecular flexibility index (Phi) is 3.18. The number of hydrogen-bond acceptors (Lipinski definition) is 4. The van der Waals surface area contributed by atoms with Crippen molar-refractivity contribution in [3.05, 3.63) is 11.9 Å². The minimum atomic E-state index is -1.12. The van der Waals surface area contributed by atoms with Gasteiger partial charge >= 0.3 is 0 Å². The molecule has 0 amide bonds. The molecule has 1 N–H and O–H groups in total. The highest BCUT2D eigenvalue weighted by Gasteiger charge is 2.59. The summed E-state index contributed by atoms with van der Waals surface area (Å²) in [5, 5.41) is 15.6. The van der Waals surface area contributed by atoms with Gasteiger partial charge in [0.05, 0.1) is 24.5 Å². The van der Waals surface area contributed by atoms with Crippen molar-refractivity contribution in [3.8, 4) is 5.75 Å². The van der Waals surface area contributed by atoms with Crippen LogP contribution in [0.3, 0.4) is 0 Å². The van der Waals surface area contributed by atoms with E-state index >= 15 is 0 Å². The van der Waals surface area contributed by atoms with E-state index in [2.05, 4.69) is 5.10 Å². The molecule has 1 atom stereocenters. The van der Waals surface area contributed by atoms with Crippen LogP contribution in [0.25, 0.3) is 0 Å². The molecule has 0 bridgehead atoms. The van der Waals surface area contributed by atoms with E-state index in [-0.39, 0.29) is 5.60 Å². The summed E-state index contributed by atoms with van der Waals surface area (Å²) >= 11 is 0. The van der Waals surface area contributed by atoms with Gasteiger partial charge < -0.3 is 14.6 Å². The topological polar surface area (TPSA) is 56.5 Å². The Morgan fingerprint density at radius 2 is 2.05 bits per heavy atom. The Hall–Kier alpha value is -1.07. The fraction of sp³-hybridized carbons (Fsp3) is 0.786. The van der Waals surface area contributed by atoms with E-state index in [1.807, 2.05) is 34.6 Å². The van der Waals surface area contributed by atoms with Gasteiger partial charge in [-0.05, 0) is 34.6 Å². The summed E-state index contributed by atoms with van der Waals surface area (Å²) in [6.07, 6.45) is 2.16. The normalized spacial score (nSPS) is 28.6. The van der Waals surface area contributed by atoms with Crippen LogP contribution < -0.4 is 4.74 Å². The number of methoxy groups -OCH3 is 1. The van der Waals surface area contributed by atoms with Gasteiger partial charge in [-0.1, -0.05) is 0 Å². The zero-order valence-electron chi connectivity index (χ0n) is 12.6. The van der Waals surface area contributed by atoms with Crippen molar-refractivity contribution >= 4 is 0 Å². The van der Waals surface area contributed by atoms with Crippen molar-refractivity contribution < 1.29 is 14.6 Å². The summed E-state index contributed by atoms with van der Waals surface area (Å²) in [5.41, 5.74) is -1.50. The predicted molar refractivity (Wildman–Crippen MR) is 72.2 cm³/mol. The van der Waals surface area contributed by atoms with Gasteiger partial charge in [-0.3, -0.25) is 4.68 Å². The van der Waals surface area contributed by atoms with E-state index in [0.717, 1.165) is 0 Å². The molecule has 1 aromatic rings. The molecule has 1 unspecified atom stereocenters. The quantitative estimate of drug-likeness (QED) is 0.912. The lowest BCUT2D eigenvalue weighted by Gasteiger charge is -2.35. The Balaban J connectivity index is 2.59. The van der Waals surface area contributed by atoms with Gasteiger partial charge in [-0.25, -0.2) is 0 Å². The molecule has 1 saturated heterocycles. The van der Waals surface area contributed by atoms with Gasteiger partial charge in [0.15, 0.2) is 5.75 Å². The highest BCUT2D eigenvalue weighted by molar-refractivity contribution is 5.35. The van der Waals surface area contributed by atoms with E-state index < -0.39 is 11.2 Å². The fourth-order valence-corrected chi connectivity index (χ4v) is 3.18. The van der Waals surface area contributed by atoms with E-state index in [1.54, 1.807) is 18.0 Å². The molecule has 1 aliphatic heterocycles. The highest BCUT2D eigenvalue weighted by Crippen LogP contribution is 2.52. The van der Waals surface area contributed by atoms with Gasteiger partial charge in [0.2, 0.25) is 0 Å². The Bertz CT molecular complexity index is 458. The minimum absolute atomic E-state index is 0.383. The second-order valence-corrected chi connectivity index (χ2v) is 6.29. The predicted octanol–water partition coefficient (Wildman–Crippen LogP) is 2.08. The third kappa shape index (κ3) is 2.05. The van der Waals surface area contributed by atoms with Crippen molar-refractivity contribution in [2.75, 3.05) is 7.11 Å². The second-order valence-electron chi connectivity index (χ2n) is 6.29. The standard InChI is InChI=1S/C14H24N2O3/c1-7-16-11(10(18-6)8-15-16)14(17)9-12(2,3)19-13(14,4)5/h8,17H,7,9H2,1-6H3. The summed E-state index contributed by atoms with van der Waals surface area (Å²) in [6.45, 7) is 10.5. The van der Waals surface area contributed by atoms with Crippen LogP contribution in [0.2, 0.25) is 0 Å². The minimum Gasteiger partial charge on any atom is -0.493 e. The monoisotopic (exact) mass is 268 g/mol. The third-order valence-electron chi connectivity index (χ3n) is 3.93. The molecular formula is C14H24N2O3. The SMILES string of the molecule is CCn1ncc(OC)c1C1(O)CC(C)(C)OC1(C)C. The lowest BCUT2D eigenvalue weighted by Crippen LogP contribution is -2.45. The molecule has 0 aliphatic carbocycles. The zero-order chi connectivity index (χ0) is 14.5. The molecular weight excluding hydrogens is 244 g/mol. The molecule has 1 fully saturated rings. The third-order valence-corrected chi connectivity index (χ3v) is 3.93. The molecule has 0 spiro atoms. The van der Waals surface area contributed by atoms with Gasteiger partial charge in [0.25, 0.3) is 0 Å². The molecule has 1 aliphatic rings. The molecule has 1 aromatic heterocycles. The molecule has 0 aromatic carbocycles. The van der Waals surface area contributed by atoms with Crippen LogP contribution in [-0.4, -0.2) is 33.2 Å². The molecule has 108 valence electrons. The summed E-state index contributed by atoms with van der Waals surface area (Å²) in [4.78, 5) is 0. The van der Waals surface area contributed by atoms with Crippen molar-refractivity contribution in [1.29, 1.82) is 0 Å². The first-order valence-corrected chi connectivity index (χ1v) is 6.70. The number of nitrogens with zero attached hydrogens (tertiary/aromatic N) is 2. The second kappa shape index (κ2) is 4.21. The maximum absolute atomic E-state index is 11.3. The number of aliphatic hydroxyl groups is 1. The van der Waals surface area contributed by atoms with Crippen LogP contribution in [0.4, 0.5) is 0 Å². The molecule has 0 radical (unpaired) electrons. The smallest absolute Gasteiger partial charge is 0.163 e. The maximum Gasteiger partial charge on any atom is 0.163 e. The lowest BCUT2D eigenvalue weighted by molar-refractivity contribution is -0.133. The Morgan fingerprint density at radius 1 is 1.42 bits per heavy atom. The number of aromatic nitrogens is 2. The van der Waals surface area contributed by atoms with E-state index in [1.165, 1.54) is 0 Å². The number of aryl methyl sites for hydroxylation is 1. The number of hydrogen-bond donors (Lipinski definition) is 1. The number of rotatable bonds is 3. The van der Waals surface area contributed by atoms with Crippen LogP contribution in [0.15, 0.2) is 6.20 Å². The van der Waals surface area contributed by atoms with Crippen molar-refractivity contribution in [1.82, 2.24) is 9.78 Å². The summed E-state index contributed by atoms with van der Waals surface area (Å²) in [7, 11) is 1.60. The van der Waals surface area contributed by atoms with Crippen LogP contribution in [-0.2, 0) is 16.9 Å². The van der Waals surface area contributed by atoms with Crippen LogP contribution in [0.1, 0.15) is 46.7 Å². The first-order valence-electron chi connectivity index (χ1n) is 6.70. The van der Waals surface area contributed by atoms with Crippen LogP contribution in [0, 0.1) is 0 Å². The summed E-state index contributed by atoms with van der Waals surface area (Å²) in [5.74, 6) is 0.610. The van der Waals surface area contributed by atoms with Gasteiger partial charge in [0.1, 0.15) is 11.3 Å². The summed E-state index contributed by atoms with van der Waals surface area (Å²) in [6, 6.07) is 0. The first-order chi connectivity index (χ1) is 8.67. The molecule has 2 rings (SSSR count). The van der Waals surface area contributed by atoms with E-state index in [9.17, 15) is 5.11 Å². The molecule has 0 saturated carbocycles. The number of ether oxygens (including phenoxy) is 2. The average Bonchev–Trinajstić information content (AvgIpc) is 2.75. The summed E-state index contributed by atoms with van der Waals surface area (Å²) < 4.78 is 13.2. The molecule has 5 heteroatoms. The van der Waals surface area contributed by atoms with Gasteiger partial charge in [0, 0.05) is 13.0 Å². The van der Waals surface area contributed by atoms with Gasteiger partial charge in [-0.2, -0.15) is 5.10 Å². The van der Waals surface area contributed by atoms with Crippen molar-refractivity contribution in [3.63, 3.8) is 0 Å². The fourth-order valence-electron chi connectivity index (χ4n) is 3.18. The van der Waals surface area contributed by atoms with Crippen molar-refractivity contribution in [2.24, 2.45) is 0 Å². The molecule has 2 heterocycles. The van der Waals surface area contributed by atoms with Crippen LogP contribution in [0.5, 0.6) is 5.75 Å². The zero-order valence-corrected chi connectivity index (χ0v) is 12.6. The van der Waals surface area contributed by atoms with E-state index in [0.29, 0.717) is 24.4 Å². The van der Waals surface area contributed by atoms with Gasteiger partial charge in [-0.15, -0.1) is 0 Å². The largest absolute Gasteiger partial charge is 0.493 e. The highest BCUT2D eigenvalue weighted by atomic mass is 16.6. The van der Waals surface area contributed by atoms with Crippen LogP contribution >= 0.6 is 0 Å². The molecule has 19 heavy (non-hydrogen) atoms. The van der Waals surface area contributed by atoms with E-state index in [4.69, 9.17) is 9.47 Å². The lowest BCUT2D eigenvalue weighted by atomic mass is 9.79. The van der Waals surface area contributed by atoms with Crippen molar-refractivity contribution in [2.45, 2.75) is 64.4 Å². The maximum atomic E-state index is 11.3. The molecule has 5 nitrogen and oxygen atoms in total. The Labute approximate surface area is 114 Å². The Morgan fingerprint density at radius 3 is 2.47 bits per heavy atom. The average molecular weight is 268 g/mol.